The van der Waals surface area contributed by atoms with Gasteiger partial charge in [-0.2, -0.15) is 13.2 Å². The van der Waals surface area contributed by atoms with E-state index in [0.29, 0.717) is 0 Å². The minimum atomic E-state index is -4.73. The molecule has 0 saturated heterocycles. The minimum absolute atomic E-state index is 0.0596. The lowest BCUT2D eigenvalue weighted by Crippen LogP contribution is -2.40. The summed E-state index contributed by atoms with van der Waals surface area (Å²) in [6.45, 7) is -0.873. The van der Waals surface area contributed by atoms with Crippen LogP contribution < -0.4 is 5.32 Å². The van der Waals surface area contributed by atoms with Gasteiger partial charge in [0.1, 0.15) is 0 Å². The molecule has 1 heterocycles. The number of halogens is 3. The standard InChI is InChI=1S/C7H7F3N2O2S/c8-7(9,10)4(13)3-12-5(14)6-11-1-2-15-6/h1-2,4,13H,3H2,(H,12,14)/t4-/m1/s1. The third-order valence-electron chi connectivity index (χ3n) is 1.46. The first-order valence-electron chi connectivity index (χ1n) is 3.83. The van der Waals surface area contributed by atoms with Crippen molar-refractivity contribution in [1.29, 1.82) is 0 Å². The molecule has 4 nitrogen and oxygen atoms in total. The zero-order chi connectivity index (χ0) is 11.5. The summed E-state index contributed by atoms with van der Waals surface area (Å²) in [6.07, 6.45) is -5.92. The highest BCUT2D eigenvalue weighted by molar-refractivity contribution is 7.11. The predicted molar refractivity (Wildman–Crippen MR) is 46.5 cm³/mol. The van der Waals surface area contributed by atoms with Crippen LogP contribution >= 0.6 is 11.3 Å². The predicted octanol–water partition coefficient (Wildman–Crippen LogP) is 0.796. The Morgan fingerprint density at radius 3 is 2.80 bits per heavy atom. The molecule has 0 aromatic carbocycles. The highest BCUT2D eigenvalue weighted by Crippen LogP contribution is 2.19. The van der Waals surface area contributed by atoms with Crippen molar-refractivity contribution in [2.45, 2.75) is 12.3 Å². The van der Waals surface area contributed by atoms with Crippen LogP contribution in [0.15, 0.2) is 11.6 Å². The van der Waals surface area contributed by atoms with Gasteiger partial charge in [0, 0.05) is 11.6 Å². The van der Waals surface area contributed by atoms with E-state index in [4.69, 9.17) is 5.11 Å². The van der Waals surface area contributed by atoms with Gasteiger partial charge in [-0.05, 0) is 0 Å². The van der Waals surface area contributed by atoms with Gasteiger partial charge < -0.3 is 10.4 Å². The number of aliphatic hydroxyl groups excluding tert-OH is 1. The summed E-state index contributed by atoms with van der Waals surface area (Å²) in [5.74, 6) is -0.728. The number of aromatic nitrogens is 1. The van der Waals surface area contributed by atoms with Crippen molar-refractivity contribution in [3.05, 3.63) is 16.6 Å². The van der Waals surface area contributed by atoms with Crippen LogP contribution in [0.4, 0.5) is 13.2 Å². The largest absolute Gasteiger partial charge is 0.416 e. The van der Waals surface area contributed by atoms with Crippen molar-refractivity contribution in [2.24, 2.45) is 0 Å². The molecule has 0 unspecified atom stereocenters. The van der Waals surface area contributed by atoms with Crippen molar-refractivity contribution in [3.8, 4) is 0 Å². The normalized spacial score (nSPS) is 13.6. The fraction of sp³-hybridized carbons (Fsp3) is 0.429. The molecular formula is C7H7F3N2O2S. The number of hydrogen-bond acceptors (Lipinski definition) is 4. The Hall–Kier alpha value is -1.15. The average Bonchev–Trinajstić information content (AvgIpc) is 2.64. The maximum absolute atomic E-state index is 11.8. The van der Waals surface area contributed by atoms with E-state index < -0.39 is 24.7 Å². The lowest BCUT2D eigenvalue weighted by atomic mass is 10.3. The van der Waals surface area contributed by atoms with E-state index in [1.165, 1.54) is 11.6 Å². The Labute approximate surface area is 86.8 Å². The number of carbonyl (C=O) groups excluding carboxylic acids is 1. The van der Waals surface area contributed by atoms with Crippen molar-refractivity contribution < 1.29 is 23.1 Å². The van der Waals surface area contributed by atoms with Gasteiger partial charge in [0.2, 0.25) is 0 Å². The second-order valence-corrected chi connectivity index (χ2v) is 3.50. The molecule has 0 aliphatic carbocycles. The molecule has 0 aliphatic heterocycles. The first-order chi connectivity index (χ1) is 6.91. The molecule has 1 rings (SSSR count). The SMILES string of the molecule is O=C(NC[C@@H](O)C(F)(F)F)c1nccs1. The highest BCUT2D eigenvalue weighted by Gasteiger charge is 2.38. The third kappa shape index (κ3) is 3.48. The molecular weight excluding hydrogens is 233 g/mol. The summed E-state index contributed by atoms with van der Waals surface area (Å²) >= 11 is 1.00. The van der Waals surface area contributed by atoms with E-state index >= 15 is 0 Å². The Balaban J connectivity index is 2.42. The van der Waals surface area contributed by atoms with E-state index in [1.54, 1.807) is 0 Å². The summed E-state index contributed by atoms with van der Waals surface area (Å²) in [6, 6.07) is 0. The van der Waals surface area contributed by atoms with Gasteiger partial charge in [0.25, 0.3) is 5.91 Å². The van der Waals surface area contributed by atoms with Crippen molar-refractivity contribution >= 4 is 17.2 Å². The van der Waals surface area contributed by atoms with Gasteiger partial charge in [-0.1, -0.05) is 0 Å². The zero-order valence-corrected chi connectivity index (χ0v) is 8.10. The number of nitrogens with one attached hydrogen (secondary N) is 1. The summed E-state index contributed by atoms with van der Waals surface area (Å²) in [5.41, 5.74) is 0. The second-order valence-electron chi connectivity index (χ2n) is 2.60. The lowest BCUT2D eigenvalue weighted by molar-refractivity contribution is -0.201. The molecule has 2 N–H and O–H groups in total. The molecule has 1 amide bonds. The number of nitrogens with zero attached hydrogens (tertiary/aromatic N) is 1. The first-order valence-corrected chi connectivity index (χ1v) is 4.71. The van der Waals surface area contributed by atoms with E-state index in [0.717, 1.165) is 11.3 Å². The van der Waals surface area contributed by atoms with Crippen LogP contribution in [0, 0.1) is 0 Å². The molecule has 0 saturated carbocycles. The summed E-state index contributed by atoms with van der Waals surface area (Å²) in [5, 5.41) is 12.1. The summed E-state index contributed by atoms with van der Waals surface area (Å²) in [4.78, 5) is 14.7. The van der Waals surface area contributed by atoms with Crippen LogP contribution in [0.2, 0.25) is 0 Å². The summed E-state index contributed by atoms with van der Waals surface area (Å²) < 4.78 is 35.5. The molecule has 1 aromatic rings. The first kappa shape index (κ1) is 11.9. The maximum atomic E-state index is 11.8. The Morgan fingerprint density at radius 1 is 1.67 bits per heavy atom. The Morgan fingerprint density at radius 2 is 2.33 bits per heavy atom. The molecule has 0 radical (unpaired) electrons. The smallest absolute Gasteiger partial charge is 0.382 e. The van der Waals surface area contributed by atoms with Crippen molar-refractivity contribution in [3.63, 3.8) is 0 Å². The molecule has 15 heavy (non-hydrogen) atoms. The monoisotopic (exact) mass is 240 g/mol. The zero-order valence-electron chi connectivity index (χ0n) is 7.28. The van der Waals surface area contributed by atoms with Crippen LogP contribution in [0.25, 0.3) is 0 Å². The molecule has 1 atom stereocenters. The molecule has 0 spiro atoms. The van der Waals surface area contributed by atoms with Crippen LogP contribution in [0.3, 0.4) is 0 Å². The van der Waals surface area contributed by atoms with Crippen LogP contribution in [-0.4, -0.2) is 34.8 Å². The molecule has 0 bridgehead atoms. The van der Waals surface area contributed by atoms with Crippen LogP contribution in [0.5, 0.6) is 0 Å². The number of hydrogen-bond donors (Lipinski definition) is 2. The maximum Gasteiger partial charge on any atom is 0.416 e. The fourth-order valence-corrected chi connectivity index (χ4v) is 1.27. The van der Waals surface area contributed by atoms with Crippen molar-refractivity contribution in [1.82, 2.24) is 10.3 Å². The second kappa shape index (κ2) is 4.58. The number of thiazole rings is 1. The van der Waals surface area contributed by atoms with Gasteiger partial charge in [-0.3, -0.25) is 4.79 Å². The number of alkyl halides is 3. The van der Waals surface area contributed by atoms with Crippen LogP contribution in [0.1, 0.15) is 9.80 Å². The average molecular weight is 240 g/mol. The van der Waals surface area contributed by atoms with E-state index in [2.05, 4.69) is 4.98 Å². The van der Waals surface area contributed by atoms with Crippen LogP contribution in [-0.2, 0) is 0 Å². The van der Waals surface area contributed by atoms with Gasteiger partial charge >= 0.3 is 6.18 Å². The Kier molecular flexibility index (Phi) is 3.64. The van der Waals surface area contributed by atoms with E-state index in [-0.39, 0.29) is 5.01 Å². The molecule has 1 aromatic heterocycles. The highest BCUT2D eigenvalue weighted by atomic mass is 32.1. The molecule has 0 fully saturated rings. The number of amides is 1. The van der Waals surface area contributed by atoms with E-state index in [1.807, 2.05) is 5.32 Å². The number of rotatable bonds is 3. The van der Waals surface area contributed by atoms with Gasteiger partial charge in [0.15, 0.2) is 11.1 Å². The number of aliphatic hydroxyl groups is 1. The lowest BCUT2D eigenvalue weighted by Gasteiger charge is -2.14. The third-order valence-corrected chi connectivity index (χ3v) is 2.23. The fourth-order valence-electron chi connectivity index (χ4n) is 0.716. The van der Waals surface area contributed by atoms with Gasteiger partial charge in [-0.15, -0.1) is 11.3 Å². The van der Waals surface area contributed by atoms with Gasteiger partial charge in [-0.25, -0.2) is 4.98 Å². The van der Waals surface area contributed by atoms with Crippen molar-refractivity contribution in [2.75, 3.05) is 6.54 Å². The molecule has 0 aliphatic rings. The minimum Gasteiger partial charge on any atom is -0.382 e. The summed E-state index contributed by atoms with van der Waals surface area (Å²) in [7, 11) is 0. The van der Waals surface area contributed by atoms with Gasteiger partial charge in [0.05, 0.1) is 6.54 Å². The number of carbonyl (C=O) groups is 1. The molecule has 84 valence electrons. The van der Waals surface area contributed by atoms with E-state index in [9.17, 15) is 18.0 Å². The quantitative estimate of drug-likeness (QED) is 0.821. The topological polar surface area (TPSA) is 62.2 Å². The molecule has 8 heteroatoms. The Bertz CT molecular complexity index is 325.